The fourth-order valence-electron chi connectivity index (χ4n) is 4.26. The Hall–Kier alpha value is -0.800. The summed E-state index contributed by atoms with van der Waals surface area (Å²) in [5.41, 5.74) is 2.93. The predicted octanol–water partition coefficient (Wildman–Crippen LogP) is 4.20. The zero-order chi connectivity index (χ0) is 15.0. The molecule has 2 aliphatic rings. The molecule has 2 fully saturated rings. The molecule has 1 aromatic heterocycles. The monoisotopic (exact) mass is 291 g/mol. The van der Waals surface area contributed by atoms with Crippen molar-refractivity contribution >= 4 is 0 Å². The highest BCUT2D eigenvalue weighted by Gasteiger charge is 2.45. The number of hydrogen-bond acceptors (Lipinski definition) is 3. The van der Waals surface area contributed by atoms with Gasteiger partial charge in [0.25, 0.3) is 0 Å². The molecule has 1 aromatic rings. The van der Waals surface area contributed by atoms with Crippen molar-refractivity contribution in [3.63, 3.8) is 0 Å². The van der Waals surface area contributed by atoms with E-state index in [9.17, 15) is 0 Å². The minimum Gasteiger partial charge on any atom is -0.466 e. The number of aryl methyl sites for hydroxylation is 2. The summed E-state index contributed by atoms with van der Waals surface area (Å²) < 4.78 is 12.0. The van der Waals surface area contributed by atoms with E-state index in [1.807, 2.05) is 0 Å². The molecule has 0 aromatic carbocycles. The van der Waals surface area contributed by atoms with Gasteiger partial charge in [0.2, 0.25) is 0 Å². The number of furan rings is 1. The quantitative estimate of drug-likeness (QED) is 0.902. The van der Waals surface area contributed by atoms with Gasteiger partial charge in [-0.25, -0.2) is 0 Å². The summed E-state index contributed by atoms with van der Waals surface area (Å²) in [5, 5.41) is 3.73. The lowest BCUT2D eigenvalue weighted by Gasteiger charge is -2.49. The van der Waals surface area contributed by atoms with E-state index in [1.54, 1.807) is 0 Å². The number of rotatable bonds is 4. The minimum atomic E-state index is 0.206. The van der Waals surface area contributed by atoms with Crippen LogP contribution >= 0.6 is 0 Å². The fraction of sp³-hybridized carbons (Fsp3) is 0.778. The Morgan fingerprint density at radius 1 is 1.24 bits per heavy atom. The van der Waals surface area contributed by atoms with Crippen LogP contribution in [0.5, 0.6) is 0 Å². The van der Waals surface area contributed by atoms with Crippen molar-refractivity contribution in [2.45, 2.75) is 71.4 Å². The fourth-order valence-corrected chi connectivity index (χ4v) is 4.26. The van der Waals surface area contributed by atoms with Gasteiger partial charge in [0.1, 0.15) is 11.5 Å². The Balaban J connectivity index is 1.86. The Labute approximate surface area is 128 Å². The summed E-state index contributed by atoms with van der Waals surface area (Å²) in [5.74, 6) is 2.81. The summed E-state index contributed by atoms with van der Waals surface area (Å²) in [6, 6.07) is 0.411. The molecule has 1 aliphatic heterocycles. The largest absolute Gasteiger partial charge is 0.466 e. The molecule has 2 heterocycles. The van der Waals surface area contributed by atoms with Gasteiger partial charge in [-0.2, -0.15) is 0 Å². The van der Waals surface area contributed by atoms with Crippen LogP contribution in [0, 0.1) is 26.7 Å². The Morgan fingerprint density at radius 2 is 2.00 bits per heavy atom. The van der Waals surface area contributed by atoms with Crippen LogP contribution in [0.4, 0.5) is 0 Å². The third-order valence-corrected chi connectivity index (χ3v) is 5.62. The van der Waals surface area contributed by atoms with E-state index in [1.165, 1.54) is 36.8 Å². The minimum absolute atomic E-state index is 0.206. The van der Waals surface area contributed by atoms with Crippen molar-refractivity contribution in [2.24, 2.45) is 5.92 Å². The first-order chi connectivity index (χ1) is 10.1. The van der Waals surface area contributed by atoms with Crippen LogP contribution in [0.3, 0.4) is 0 Å². The van der Waals surface area contributed by atoms with Gasteiger partial charge in [0, 0.05) is 18.2 Å². The standard InChI is InChI=1S/C18H29NO2/c1-5-19-17(16-12(2)13(3)21-14(16)4)15-7-10-20-18(11-15)8-6-9-18/h15,17,19H,5-11H2,1-4H3. The van der Waals surface area contributed by atoms with Crippen LogP contribution in [0.2, 0.25) is 0 Å². The molecule has 1 N–H and O–H groups in total. The molecular formula is C18H29NO2. The van der Waals surface area contributed by atoms with Gasteiger partial charge < -0.3 is 14.5 Å². The molecule has 2 unspecified atom stereocenters. The van der Waals surface area contributed by atoms with E-state index in [0.717, 1.165) is 31.1 Å². The van der Waals surface area contributed by atoms with E-state index in [-0.39, 0.29) is 5.60 Å². The zero-order valence-corrected chi connectivity index (χ0v) is 13.9. The smallest absolute Gasteiger partial charge is 0.106 e. The molecular weight excluding hydrogens is 262 g/mol. The number of ether oxygens (including phenoxy) is 1. The van der Waals surface area contributed by atoms with Crippen molar-refractivity contribution in [1.29, 1.82) is 0 Å². The van der Waals surface area contributed by atoms with Gasteiger partial charge in [-0.1, -0.05) is 6.92 Å². The summed E-state index contributed by atoms with van der Waals surface area (Å²) in [6.45, 7) is 10.5. The van der Waals surface area contributed by atoms with Crippen molar-refractivity contribution < 1.29 is 9.15 Å². The van der Waals surface area contributed by atoms with Gasteiger partial charge >= 0.3 is 0 Å². The Kier molecular flexibility index (Phi) is 4.15. The van der Waals surface area contributed by atoms with Crippen LogP contribution in [-0.4, -0.2) is 18.8 Å². The molecule has 2 atom stereocenters. The summed E-state index contributed by atoms with van der Waals surface area (Å²) in [4.78, 5) is 0. The molecule has 3 nitrogen and oxygen atoms in total. The lowest BCUT2D eigenvalue weighted by molar-refractivity contribution is -0.147. The lowest BCUT2D eigenvalue weighted by Crippen LogP contribution is -2.48. The van der Waals surface area contributed by atoms with Crippen LogP contribution in [0.15, 0.2) is 4.42 Å². The van der Waals surface area contributed by atoms with Crippen LogP contribution in [0.1, 0.15) is 67.7 Å². The first kappa shape index (κ1) is 15.1. The highest BCUT2D eigenvalue weighted by atomic mass is 16.5. The van der Waals surface area contributed by atoms with Crippen molar-refractivity contribution in [1.82, 2.24) is 5.32 Å². The molecule has 0 bridgehead atoms. The predicted molar refractivity (Wildman–Crippen MR) is 84.6 cm³/mol. The van der Waals surface area contributed by atoms with E-state index < -0.39 is 0 Å². The molecule has 1 aliphatic carbocycles. The van der Waals surface area contributed by atoms with Gasteiger partial charge in [-0.05, 0) is 70.9 Å². The maximum atomic E-state index is 6.11. The summed E-state index contributed by atoms with van der Waals surface area (Å²) in [7, 11) is 0. The maximum Gasteiger partial charge on any atom is 0.106 e. The molecule has 0 radical (unpaired) electrons. The van der Waals surface area contributed by atoms with Crippen molar-refractivity contribution in [2.75, 3.05) is 13.2 Å². The molecule has 0 amide bonds. The SMILES string of the molecule is CCNC(c1c(C)oc(C)c1C)C1CCOC2(CCC2)C1. The molecule has 1 saturated heterocycles. The topological polar surface area (TPSA) is 34.4 Å². The second-order valence-corrected chi connectivity index (χ2v) is 6.93. The molecule has 118 valence electrons. The average molecular weight is 291 g/mol. The average Bonchev–Trinajstić information content (AvgIpc) is 2.68. The highest BCUT2D eigenvalue weighted by molar-refractivity contribution is 5.35. The third-order valence-electron chi connectivity index (χ3n) is 5.62. The third kappa shape index (κ3) is 2.66. The molecule has 3 rings (SSSR count). The Bertz CT molecular complexity index is 502. The van der Waals surface area contributed by atoms with Crippen molar-refractivity contribution in [3.05, 3.63) is 22.6 Å². The first-order valence-electron chi connectivity index (χ1n) is 8.50. The van der Waals surface area contributed by atoms with E-state index in [4.69, 9.17) is 9.15 Å². The van der Waals surface area contributed by atoms with E-state index in [2.05, 4.69) is 33.0 Å². The maximum absolute atomic E-state index is 6.11. The highest BCUT2D eigenvalue weighted by Crippen LogP contribution is 2.48. The summed E-state index contributed by atoms with van der Waals surface area (Å²) in [6.07, 6.45) is 6.20. The Morgan fingerprint density at radius 3 is 2.52 bits per heavy atom. The number of hydrogen-bond donors (Lipinski definition) is 1. The summed E-state index contributed by atoms with van der Waals surface area (Å²) >= 11 is 0. The lowest BCUT2D eigenvalue weighted by atomic mass is 9.69. The first-order valence-corrected chi connectivity index (χ1v) is 8.50. The van der Waals surface area contributed by atoms with E-state index >= 15 is 0 Å². The van der Waals surface area contributed by atoms with E-state index in [0.29, 0.717) is 12.0 Å². The number of nitrogens with one attached hydrogen (secondary N) is 1. The molecule has 1 spiro atoms. The normalized spacial score (nSPS) is 25.8. The van der Waals surface area contributed by atoms with Gasteiger partial charge in [0.05, 0.1) is 5.60 Å². The molecule has 21 heavy (non-hydrogen) atoms. The van der Waals surface area contributed by atoms with Crippen LogP contribution in [-0.2, 0) is 4.74 Å². The second-order valence-electron chi connectivity index (χ2n) is 6.93. The van der Waals surface area contributed by atoms with Crippen LogP contribution < -0.4 is 5.32 Å². The van der Waals surface area contributed by atoms with Gasteiger partial charge in [0.15, 0.2) is 0 Å². The zero-order valence-electron chi connectivity index (χ0n) is 13.9. The van der Waals surface area contributed by atoms with Gasteiger partial charge in [-0.3, -0.25) is 0 Å². The van der Waals surface area contributed by atoms with Crippen LogP contribution in [0.25, 0.3) is 0 Å². The molecule has 3 heteroatoms. The molecule has 1 saturated carbocycles. The second kappa shape index (κ2) is 5.77. The van der Waals surface area contributed by atoms with Gasteiger partial charge in [-0.15, -0.1) is 0 Å². The van der Waals surface area contributed by atoms with Crippen molar-refractivity contribution in [3.8, 4) is 0 Å².